The maximum absolute atomic E-state index is 12.7. The molecule has 0 spiro atoms. The number of nitrogens with zero attached hydrogens (tertiary/aromatic N) is 5. The molecule has 4 heterocycles. The average molecular weight is 545 g/mol. The van der Waals surface area contributed by atoms with Crippen LogP contribution in [0.1, 0.15) is 26.7 Å². The molecule has 0 unspecified atom stereocenters. The minimum atomic E-state index is -3.24. The third kappa shape index (κ3) is 7.37. The fourth-order valence-corrected chi connectivity index (χ4v) is 6.84. The molecule has 9 nitrogen and oxygen atoms in total. The van der Waals surface area contributed by atoms with E-state index in [-0.39, 0.29) is 11.8 Å². The SMILES string of the molecule is CC(C)CCS(=O)(=O)N1CC[C@@H](Nc2ncccc2-c2cnc3c(ccn3COCC[Si](C)(C)C)n2)C1. The summed E-state index contributed by atoms with van der Waals surface area (Å²) < 4.78 is 34.9. The number of hydrogen-bond acceptors (Lipinski definition) is 7. The largest absolute Gasteiger partial charge is 0.365 e. The van der Waals surface area contributed by atoms with E-state index in [2.05, 4.69) is 34.9 Å². The second-order valence-corrected chi connectivity index (χ2v) is 19.2. The lowest BCUT2D eigenvalue weighted by Crippen LogP contribution is -2.33. The number of fused-ring (bicyclic) bond motifs is 1. The van der Waals surface area contributed by atoms with Gasteiger partial charge in [-0.25, -0.2) is 23.4 Å². The van der Waals surface area contributed by atoms with Gasteiger partial charge in [0.1, 0.15) is 18.1 Å². The molecule has 0 bridgehead atoms. The Hall–Kier alpha value is -2.34. The van der Waals surface area contributed by atoms with Gasteiger partial charge < -0.3 is 14.6 Å². The van der Waals surface area contributed by atoms with Crippen LogP contribution in [-0.4, -0.2) is 71.8 Å². The van der Waals surface area contributed by atoms with Crippen molar-refractivity contribution in [2.75, 3.05) is 30.8 Å². The second kappa shape index (κ2) is 11.6. The zero-order valence-electron chi connectivity index (χ0n) is 22.6. The summed E-state index contributed by atoms with van der Waals surface area (Å²) in [6, 6.07) is 6.92. The van der Waals surface area contributed by atoms with E-state index in [0.29, 0.717) is 38.0 Å². The van der Waals surface area contributed by atoms with Gasteiger partial charge in [-0.15, -0.1) is 0 Å². The summed E-state index contributed by atoms with van der Waals surface area (Å²) in [6.07, 6.45) is 6.87. The van der Waals surface area contributed by atoms with Crippen molar-refractivity contribution in [3.63, 3.8) is 0 Å². The molecule has 1 aliphatic rings. The summed E-state index contributed by atoms with van der Waals surface area (Å²) >= 11 is 0. The summed E-state index contributed by atoms with van der Waals surface area (Å²) in [4.78, 5) is 14.1. The predicted molar refractivity (Wildman–Crippen MR) is 152 cm³/mol. The van der Waals surface area contributed by atoms with Crippen LogP contribution in [0.3, 0.4) is 0 Å². The summed E-state index contributed by atoms with van der Waals surface area (Å²) in [7, 11) is -4.37. The van der Waals surface area contributed by atoms with Crippen LogP contribution in [0.15, 0.2) is 36.8 Å². The number of ether oxygens (including phenoxy) is 1. The molecule has 0 saturated carbocycles. The lowest BCUT2D eigenvalue weighted by Gasteiger charge is -2.19. The number of sulfonamides is 1. The van der Waals surface area contributed by atoms with Crippen LogP contribution >= 0.6 is 0 Å². The molecule has 37 heavy (non-hydrogen) atoms. The number of hydrogen-bond donors (Lipinski definition) is 1. The van der Waals surface area contributed by atoms with E-state index in [1.165, 1.54) is 0 Å². The Bertz CT molecular complexity index is 1310. The van der Waals surface area contributed by atoms with Crippen molar-refractivity contribution >= 4 is 35.1 Å². The van der Waals surface area contributed by atoms with Gasteiger partial charge in [0.2, 0.25) is 10.0 Å². The number of rotatable bonds is 12. The number of nitrogens with one attached hydrogen (secondary N) is 1. The van der Waals surface area contributed by atoms with Gasteiger partial charge in [-0.2, -0.15) is 4.31 Å². The molecule has 0 aliphatic carbocycles. The zero-order chi connectivity index (χ0) is 26.6. The van der Waals surface area contributed by atoms with E-state index in [4.69, 9.17) is 9.72 Å². The highest BCUT2D eigenvalue weighted by Gasteiger charge is 2.31. The second-order valence-electron chi connectivity index (χ2n) is 11.5. The van der Waals surface area contributed by atoms with Crippen molar-refractivity contribution in [2.24, 2.45) is 5.92 Å². The first-order valence-corrected chi connectivity index (χ1v) is 18.4. The van der Waals surface area contributed by atoms with Gasteiger partial charge in [-0.3, -0.25) is 0 Å². The van der Waals surface area contributed by atoms with Crippen molar-refractivity contribution in [1.82, 2.24) is 23.8 Å². The molecular weight excluding hydrogens is 504 g/mol. The molecule has 1 saturated heterocycles. The fourth-order valence-electron chi connectivity index (χ4n) is 4.27. The number of anilines is 1. The number of pyridine rings is 1. The highest BCUT2D eigenvalue weighted by Crippen LogP contribution is 2.28. The molecule has 3 aromatic rings. The Morgan fingerprint density at radius 1 is 1.22 bits per heavy atom. The predicted octanol–water partition coefficient (Wildman–Crippen LogP) is 4.67. The van der Waals surface area contributed by atoms with Crippen LogP contribution in [0, 0.1) is 5.92 Å². The van der Waals surface area contributed by atoms with Crippen molar-refractivity contribution < 1.29 is 13.2 Å². The van der Waals surface area contributed by atoms with E-state index in [1.807, 2.05) is 42.8 Å². The highest BCUT2D eigenvalue weighted by molar-refractivity contribution is 7.89. The van der Waals surface area contributed by atoms with E-state index >= 15 is 0 Å². The third-order valence-corrected chi connectivity index (χ3v) is 10.2. The van der Waals surface area contributed by atoms with Gasteiger partial charge in [-0.05, 0) is 43.0 Å². The quantitative estimate of drug-likeness (QED) is 0.261. The molecule has 1 N–H and O–H groups in total. The van der Waals surface area contributed by atoms with Crippen molar-refractivity contribution in [2.45, 2.75) is 65.1 Å². The van der Waals surface area contributed by atoms with E-state index in [9.17, 15) is 8.42 Å². The zero-order valence-corrected chi connectivity index (χ0v) is 24.5. The summed E-state index contributed by atoms with van der Waals surface area (Å²) in [6.45, 7) is 13.3. The topological polar surface area (TPSA) is 102 Å². The van der Waals surface area contributed by atoms with Gasteiger partial charge in [0.05, 0.1) is 17.6 Å². The minimum absolute atomic E-state index is 0.00597. The molecule has 3 aromatic heterocycles. The fraction of sp³-hybridized carbons (Fsp3) is 0.577. The van der Waals surface area contributed by atoms with Crippen LogP contribution in [0.2, 0.25) is 25.7 Å². The van der Waals surface area contributed by atoms with Gasteiger partial charge in [0, 0.05) is 51.8 Å². The molecule has 1 fully saturated rings. The molecule has 4 rings (SSSR count). The molecule has 0 amide bonds. The van der Waals surface area contributed by atoms with Crippen LogP contribution in [0.25, 0.3) is 22.4 Å². The van der Waals surface area contributed by atoms with E-state index < -0.39 is 18.1 Å². The average Bonchev–Trinajstić information content (AvgIpc) is 3.48. The Morgan fingerprint density at radius 2 is 2.03 bits per heavy atom. The maximum Gasteiger partial charge on any atom is 0.214 e. The first-order chi connectivity index (χ1) is 17.5. The minimum Gasteiger partial charge on any atom is -0.365 e. The van der Waals surface area contributed by atoms with Crippen LogP contribution in [-0.2, 0) is 21.5 Å². The Labute approximate surface area is 221 Å². The lowest BCUT2D eigenvalue weighted by molar-refractivity contribution is 0.0899. The highest BCUT2D eigenvalue weighted by atomic mass is 32.2. The van der Waals surface area contributed by atoms with Crippen molar-refractivity contribution in [3.05, 3.63) is 36.8 Å². The van der Waals surface area contributed by atoms with Crippen LogP contribution in [0.4, 0.5) is 5.82 Å². The van der Waals surface area contributed by atoms with Crippen LogP contribution in [0.5, 0.6) is 0 Å². The van der Waals surface area contributed by atoms with Crippen LogP contribution < -0.4 is 5.32 Å². The van der Waals surface area contributed by atoms with Gasteiger partial charge >= 0.3 is 0 Å². The van der Waals surface area contributed by atoms with E-state index in [1.54, 1.807) is 16.7 Å². The third-order valence-electron chi connectivity index (χ3n) is 6.61. The van der Waals surface area contributed by atoms with Crippen molar-refractivity contribution in [3.8, 4) is 11.3 Å². The first-order valence-electron chi connectivity index (χ1n) is 13.1. The van der Waals surface area contributed by atoms with Gasteiger partial charge in [-0.1, -0.05) is 33.5 Å². The first kappa shape index (κ1) is 27.7. The van der Waals surface area contributed by atoms with Gasteiger partial charge in [0.15, 0.2) is 5.65 Å². The molecular formula is C26H40N6O3SSi. The number of aromatic nitrogens is 4. The molecule has 11 heteroatoms. The monoisotopic (exact) mass is 544 g/mol. The van der Waals surface area contributed by atoms with Gasteiger partial charge in [0.25, 0.3) is 0 Å². The Balaban J connectivity index is 1.43. The van der Waals surface area contributed by atoms with Crippen molar-refractivity contribution in [1.29, 1.82) is 0 Å². The molecule has 202 valence electrons. The standard InChI is InChI=1S/C26H40N6O3SSi/c1-20(2)10-15-36(33,34)32-13-8-21(18-32)29-25-22(7-6-11-27-25)24-17-28-26-23(30-24)9-12-31(26)19-35-14-16-37(3,4)5/h6-7,9,11-12,17,20-21H,8,10,13-16,18-19H2,1-5H3,(H,27,29)/t21-/m1/s1. The Morgan fingerprint density at radius 3 is 2.78 bits per heavy atom. The molecule has 0 radical (unpaired) electrons. The molecule has 0 aromatic carbocycles. The smallest absolute Gasteiger partial charge is 0.214 e. The normalized spacial score (nSPS) is 17.2. The molecule has 1 atom stereocenters. The molecule has 1 aliphatic heterocycles. The summed E-state index contributed by atoms with van der Waals surface area (Å²) in [5.74, 6) is 1.25. The van der Waals surface area contributed by atoms with E-state index in [0.717, 1.165) is 41.5 Å². The lowest BCUT2D eigenvalue weighted by atomic mass is 10.1. The maximum atomic E-state index is 12.7. The Kier molecular flexibility index (Phi) is 8.67. The summed E-state index contributed by atoms with van der Waals surface area (Å²) in [5.41, 5.74) is 3.15. The summed E-state index contributed by atoms with van der Waals surface area (Å²) in [5, 5.41) is 3.47.